The van der Waals surface area contributed by atoms with Crippen molar-refractivity contribution in [1.29, 1.82) is 0 Å². The van der Waals surface area contributed by atoms with Crippen LogP contribution in [0.15, 0.2) is 18.3 Å². The minimum Gasteiger partial charge on any atom is -0.355 e. The molecule has 1 aromatic heterocycles. The molecule has 0 aromatic carbocycles. The maximum atomic E-state index is 13.3. The number of aromatic nitrogens is 1. The molecule has 0 spiro atoms. The minimum absolute atomic E-state index is 0.0441. The number of pyridine rings is 1. The number of hydrogen-bond donors (Lipinski definition) is 2. The Hall–Kier alpha value is -2.32. The van der Waals surface area contributed by atoms with Crippen molar-refractivity contribution in [3.63, 3.8) is 0 Å². The summed E-state index contributed by atoms with van der Waals surface area (Å²) in [6.45, 7) is 1.29. The second kappa shape index (κ2) is 10.1. The van der Waals surface area contributed by atoms with Gasteiger partial charge in [-0.3, -0.25) is 9.59 Å². The molecule has 2 fully saturated rings. The van der Waals surface area contributed by atoms with Gasteiger partial charge in [0.2, 0.25) is 11.8 Å². The molecule has 2 aliphatic rings. The van der Waals surface area contributed by atoms with Gasteiger partial charge < -0.3 is 15.5 Å². The van der Waals surface area contributed by atoms with E-state index in [1.54, 1.807) is 4.90 Å². The first-order valence-corrected chi connectivity index (χ1v) is 10.7. The predicted octanol–water partition coefficient (Wildman–Crippen LogP) is 3.13. The van der Waals surface area contributed by atoms with Crippen LogP contribution in [-0.2, 0) is 15.8 Å². The first-order valence-electron chi connectivity index (χ1n) is 10.7. The predicted molar refractivity (Wildman–Crippen MR) is 107 cm³/mol. The molecule has 0 radical (unpaired) electrons. The average Bonchev–Trinajstić information content (AvgIpc) is 2.76. The van der Waals surface area contributed by atoms with Gasteiger partial charge in [0.15, 0.2) is 0 Å². The molecule has 6 nitrogen and oxygen atoms in total. The molecule has 166 valence electrons. The normalized spacial score (nSPS) is 20.6. The summed E-state index contributed by atoms with van der Waals surface area (Å²) in [6.07, 6.45) is 3.26. The van der Waals surface area contributed by atoms with E-state index in [4.69, 9.17) is 0 Å². The number of rotatable bonds is 6. The van der Waals surface area contributed by atoms with Crippen LogP contribution in [0.25, 0.3) is 0 Å². The maximum absolute atomic E-state index is 13.3. The van der Waals surface area contributed by atoms with E-state index in [1.165, 1.54) is 18.7 Å². The number of carbonyl (C=O) groups is 2. The van der Waals surface area contributed by atoms with Crippen molar-refractivity contribution in [3.8, 4) is 0 Å². The van der Waals surface area contributed by atoms with Gasteiger partial charge in [-0.15, -0.1) is 0 Å². The van der Waals surface area contributed by atoms with Crippen LogP contribution in [0.1, 0.15) is 50.5 Å². The first kappa shape index (κ1) is 22.4. The van der Waals surface area contributed by atoms with E-state index in [-0.39, 0.29) is 30.1 Å². The molecule has 1 unspecified atom stereocenters. The molecule has 2 amide bonds. The second-order valence-electron chi connectivity index (χ2n) is 8.07. The minimum atomic E-state index is -4.49. The number of nitrogens with zero attached hydrogens (tertiary/aromatic N) is 2. The number of anilines is 1. The van der Waals surface area contributed by atoms with Crippen LogP contribution in [0.2, 0.25) is 0 Å². The second-order valence-corrected chi connectivity index (χ2v) is 8.07. The van der Waals surface area contributed by atoms with E-state index in [9.17, 15) is 22.8 Å². The number of nitrogens with one attached hydrogen (secondary N) is 2. The van der Waals surface area contributed by atoms with Crippen molar-refractivity contribution in [3.05, 3.63) is 23.9 Å². The number of halogens is 3. The van der Waals surface area contributed by atoms with Gasteiger partial charge in [-0.05, 0) is 37.8 Å². The van der Waals surface area contributed by atoms with Crippen molar-refractivity contribution in [2.75, 3.05) is 31.1 Å². The fourth-order valence-electron chi connectivity index (χ4n) is 4.28. The standard InChI is InChI=1S/C21H29F3N4O2/c22-21(23,24)17-9-4-10-25-18(17)28-13-5-8-16(14-28)20(30)27-12-11-26-19(29)15-6-2-1-3-7-15/h4,9-10,15-16H,1-3,5-8,11-14H2,(H,26,29)(H,27,30). The van der Waals surface area contributed by atoms with Gasteiger partial charge in [0, 0.05) is 38.3 Å². The van der Waals surface area contributed by atoms with Crippen molar-refractivity contribution in [1.82, 2.24) is 15.6 Å². The van der Waals surface area contributed by atoms with Crippen molar-refractivity contribution in [2.24, 2.45) is 11.8 Å². The van der Waals surface area contributed by atoms with Gasteiger partial charge in [-0.2, -0.15) is 13.2 Å². The van der Waals surface area contributed by atoms with Crippen LogP contribution < -0.4 is 15.5 Å². The number of alkyl halides is 3. The highest BCUT2D eigenvalue weighted by Gasteiger charge is 2.37. The molecule has 0 bridgehead atoms. The SMILES string of the molecule is O=C(NCCNC(=O)C1CCCN(c2ncccc2C(F)(F)F)C1)C1CCCCC1. The third-order valence-electron chi connectivity index (χ3n) is 5.88. The molecule has 1 aliphatic carbocycles. The van der Waals surface area contributed by atoms with Gasteiger partial charge in [0.25, 0.3) is 0 Å². The molecule has 1 aromatic rings. The Balaban J connectivity index is 1.47. The molecule has 2 heterocycles. The van der Waals surface area contributed by atoms with E-state index in [0.717, 1.165) is 31.7 Å². The Labute approximate surface area is 174 Å². The molecular formula is C21H29F3N4O2. The molecule has 1 saturated heterocycles. The fourth-order valence-corrected chi connectivity index (χ4v) is 4.28. The topological polar surface area (TPSA) is 74.3 Å². The largest absolute Gasteiger partial charge is 0.419 e. The number of piperidine rings is 1. The zero-order valence-electron chi connectivity index (χ0n) is 17.0. The van der Waals surface area contributed by atoms with Crippen LogP contribution in [0, 0.1) is 11.8 Å². The van der Waals surface area contributed by atoms with Crippen LogP contribution in [0.4, 0.5) is 19.0 Å². The zero-order valence-corrected chi connectivity index (χ0v) is 17.0. The average molecular weight is 426 g/mol. The third kappa shape index (κ3) is 5.86. The lowest BCUT2D eigenvalue weighted by Gasteiger charge is -2.34. The molecule has 30 heavy (non-hydrogen) atoms. The highest BCUT2D eigenvalue weighted by atomic mass is 19.4. The molecule has 2 N–H and O–H groups in total. The lowest BCUT2D eigenvalue weighted by atomic mass is 9.89. The summed E-state index contributed by atoms with van der Waals surface area (Å²) in [5.41, 5.74) is -0.781. The summed E-state index contributed by atoms with van der Waals surface area (Å²) >= 11 is 0. The summed E-state index contributed by atoms with van der Waals surface area (Å²) < 4.78 is 39.9. The third-order valence-corrected chi connectivity index (χ3v) is 5.88. The summed E-state index contributed by atoms with van der Waals surface area (Å²) in [4.78, 5) is 30.1. The highest BCUT2D eigenvalue weighted by Crippen LogP contribution is 2.36. The first-order chi connectivity index (χ1) is 14.4. The van der Waals surface area contributed by atoms with E-state index in [0.29, 0.717) is 32.5 Å². The fraction of sp³-hybridized carbons (Fsp3) is 0.667. The Bertz CT molecular complexity index is 735. The van der Waals surface area contributed by atoms with E-state index < -0.39 is 17.7 Å². The van der Waals surface area contributed by atoms with E-state index in [1.807, 2.05) is 0 Å². The van der Waals surface area contributed by atoms with Crippen LogP contribution >= 0.6 is 0 Å². The number of amides is 2. The van der Waals surface area contributed by atoms with Gasteiger partial charge in [-0.25, -0.2) is 4.98 Å². The molecule has 1 atom stereocenters. The van der Waals surface area contributed by atoms with Crippen molar-refractivity contribution in [2.45, 2.75) is 51.1 Å². The summed E-state index contributed by atoms with van der Waals surface area (Å²) in [5.74, 6) is -0.612. The Morgan fingerprint density at radius 2 is 1.63 bits per heavy atom. The number of carbonyl (C=O) groups excluding carboxylic acids is 2. The van der Waals surface area contributed by atoms with E-state index in [2.05, 4.69) is 15.6 Å². The molecule has 1 saturated carbocycles. The Kier molecular flexibility index (Phi) is 7.55. The Morgan fingerprint density at radius 3 is 2.30 bits per heavy atom. The smallest absolute Gasteiger partial charge is 0.355 e. The quantitative estimate of drug-likeness (QED) is 0.686. The van der Waals surface area contributed by atoms with Crippen LogP contribution in [0.3, 0.4) is 0 Å². The molecule has 9 heteroatoms. The van der Waals surface area contributed by atoms with Gasteiger partial charge in [-0.1, -0.05) is 19.3 Å². The molecule has 1 aliphatic heterocycles. The lowest BCUT2D eigenvalue weighted by molar-refractivity contribution is -0.137. The monoisotopic (exact) mass is 426 g/mol. The van der Waals surface area contributed by atoms with Gasteiger partial charge in [0.05, 0.1) is 11.5 Å². The van der Waals surface area contributed by atoms with Gasteiger partial charge in [0.1, 0.15) is 5.82 Å². The summed E-state index contributed by atoms with van der Waals surface area (Å²) in [6, 6.07) is 2.28. The molecular weight excluding hydrogens is 397 g/mol. The lowest BCUT2D eigenvalue weighted by Crippen LogP contribution is -2.45. The highest BCUT2D eigenvalue weighted by molar-refractivity contribution is 5.80. The summed E-state index contributed by atoms with van der Waals surface area (Å²) in [5, 5.41) is 5.67. The van der Waals surface area contributed by atoms with Crippen molar-refractivity contribution < 1.29 is 22.8 Å². The van der Waals surface area contributed by atoms with Crippen LogP contribution in [0.5, 0.6) is 0 Å². The maximum Gasteiger partial charge on any atom is 0.419 e. The van der Waals surface area contributed by atoms with Crippen LogP contribution in [-0.4, -0.2) is 43.0 Å². The van der Waals surface area contributed by atoms with Gasteiger partial charge >= 0.3 is 6.18 Å². The zero-order chi connectivity index (χ0) is 21.6. The Morgan fingerprint density at radius 1 is 1.00 bits per heavy atom. The molecule has 3 rings (SSSR count). The summed E-state index contributed by atoms with van der Waals surface area (Å²) in [7, 11) is 0. The number of hydrogen-bond acceptors (Lipinski definition) is 4. The van der Waals surface area contributed by atoms with E-state index >= 15 is 0 Å². The van der Waals surface area contributed by atoms with Crippen molar-refractivity contribution >= 4 is 17.6 Å².